The predicted octanol–water partition coefficient (Wildman–Crippen LogP) is 4.69. The van der Waals surface area contributed by atoms with Crippen LogP contribution in [0.1, 0.15) is 38.8 Å². The first-order chi connectivity index (χ1) is 14.6. The minimum Gasteiger partial charge on any atom is -0.493 e. The van der Waals surface area contributed by atoms with E-state index in [1.165, 1.54) is 11.3 Å². The molecule has 0 atom stereocenters. The molecule has 4 rings (SSSR count). The second kappa shape index (κ2) is 9.19. The fraction of sp³-hybridized carbons (Fsp3) is 0.261. The molecule has 30 heavy (non-hydrogen) atoms. The van der Waals surface area contributed by atoms with Gasteiger partial charge in [-0.25, -0.2) is 4.98 Å². The number of ketones is 1. The highest BCUT2D eigenvalue weighted by molar-refractivity contribution is 7.12. The van der Waals surface area contributed by atoms with E-state index in [0.29, 0.717) is 23.0 Å². The molecule has 3 heterocycles. The van der Waals surface area contributed by atoms with Gasteiger partial charge < -0.3 is 14.5 Å². The summed E-state index contributed by atoms with van der Waals surface area (Å²) < 4.78 is 11.9. The molecule has 0 amide bonds. The summed E-state index contributed by atoms with van der Waals surface area (Å²) in [6.07, 6.45) is 4.49. The van der Waals surface area contributed by atoms with Crippen LogP contribution in [0.3, 0.4) is 0 Å². The van der Waals surface area contributed by atoms with Gasteiger partial charge in [-0.15, -0.1) is 11.3 Å². The third-order valence-electron chi connectivity index (χ3n) is 4.74. The number of carbonyl (C=O) groups excluding carboxylic acids is 1. The van der Waals surface area contributed by atoms with Crippen LogP contribution in [0.15, 0.2) is 52.5 Å². The number of ether oxygens (including phenoxy) is 1. The highest BCUT2D eigenvalue weighted by Crippen LogP contribution is 2.34. The second-order valence-electron chi connectivity index (χ2n) is 7.05. The Hall–Kier alpha value is -3.03. The van der Waals surface area contributed by atoms with Crippen LogP contribution in [0.4, 0.5) is 0 Å². The molecular weight excluding hydrogens is 398 g/mol. The number of aromatic nitrogens is 2. The molecule has 4 aromatic rings. The van der Waals surface area contributed by atoms with Gasteiger partial charge in [-0.2, -0.15) is 0 Å². The van der Waals surface area contributed by atoms with Crippen molar-refractivity contribution in [3.8, 4) is 5.75 Å². The number of thiazole rings is 1. The molecule has 7 heteroatoms. The fourth-order valence-electron chi connectivity index (χ4n) is 3.27. The van der Waals surface area contributed by atoms with E-state index >= 15 is 0 Å². The van der Waals surface area contributed by atoms with E-state index in [4.69, 9.17) is 9.15 Å². The van der Waals surface area contributed by atoms with E-state index in [1.807, 2.05) is 55.8 Å². The maximum atomic E-state index is 12.8. The molecule has 1 N–H and O–H groups in total. The van der Waals surface area contributed by atoms with Gasteiger partial charge in [0.05, 0.1) is 12.0 Å². The summed E-state index contributed by atoms with van der Waals surface area (Å²) in [5.74, 6) is 0.872. The Bertz CT molecular complexity index is 1150. The van der Waals surface area contributed by atoms with Gasteiger partial charge in [0.15, 0.2) is 10.8 Å². The normalized spacial score (nSPS) is 11.1. The van der Waals surface area contributed by atoms with Crippen molar-refractivity contribution in [2.75, 3.05) is 13.2 Å². The Morgan fingerprint density at radius 1 is 1.23 bits per heavy atom. The first-order valence-electron chi connectivity index (χ1n) is 9.85. The number of rotatable bonds is 9. The van der Waals surface area contributed by atoms with Crippen molar-refractivity contribution in [1.82, 2.24) is 15.3 Å². The molecule has 0 aliphatic rings. The summed E-state index contributed by atoms with van der Waals surface area (Å²) in [7, 11) is 0. The zero-order chi connectivity index (χ0) is 20.9. The van der Waals surface area contributed by atoms with Gasteiger partial charge in [-0.05, 0) is 50.6 Å². The Morgan fingerprint density at radius 2 is 2.13 bits per heavy atom. The third-order valence-corrected chi connectivity index (χ3v) is 5.70. The Morgan fingerprint density at radius 3 is 2.90 bits per heavy atom. The molecule has 1 aromatic carbocycles. The maximum Gasteiger partial charge on any atom is 0.256 e. The highest BCUT2D eigenvalue weighted by Gasteiger charge is 2.23. The smallest absolute Gasteiger partial charge is 0.256 e. The number of nitrogens with zero attached hydrogens (tertiary/aromatic N) is 2. The topological polar surface area (TPSA) is 77.2 Å². The predicted molar refractivity (Wildman–Crippen MR) is 117 cm³/mol. The monoisotopic (exact) mass is 421 g/mol. The maximum absolute atomic E-state index is 12.8. The van der Waals surface area contributed by atoms with Gasteiger partial charge in [0.1, 0.15) is 11.3 Å². The van der Waals surface area contributed by atoms with Crippen LogP contribution < -0.4 is 10.1 Å². The fourth-order valence-corrected chi connectivity index (χ4v) is 4.00. The zero-order valence-electron chi connectivity index (χ0n) is 17.0. The van der Waals surface area contributed by atoms with Gasteiger partial charge >= 0.3 is 0 Å². The van der Waals surface area contributed by atoms with Crippen molar-refractivity contribution >= 4 is 28.1 Å². The van der Waals surface area contributed by atoms with Gasteiger partial charge in [-0.3, -0.25) is 9.78 Å². The summed E-state index contributed by atoms with van der Waals surface area (Å²) in [6.45, 7) is 5.95. The number of carbonyl (C=O) groups is 1. The standard InChI is InChI=1S/C23H23N3O3S/c1-15-14-30-23(26-15)21(27)22-16(2)20-18(7-3-8-19(20)29-22)28-11-5-10-25-13-17-6-4-9-24-12-17/h3-4,6-9,12,14,25H,5,10-11,13H2,1-2H3. The minimum absolute atomic E-state index is 0.188. The van der Waals surface area contributed by atoms with Crippen LogP contribution in [-0.2, 0) is 6.54 Å². The Labute approximate surface area is 178 Å². The average Bonchev–Trinajstić information content (AvgIpc) is 3.35. The van der Waals surface area contributed by atoms with Gasteiger partial charge in [0.2, 0.25) is 0 Å². The molecule has 154 valence electrons. The third kappa shape index (κ3) is 4.42. The van der Waals surface area contributed by atoms with Gasteiger partial charge in [0, 0.05) is 35.6 Å². The first-order valence-corrected chi connectivity index (χ1v) is 10.7. The largest absolute Gasteiger partial charge is 0.493 e. The average molecular weight is 422 g/mol. The molecule has 0 saturated heterocycles. The van der Waals surface area contributed by atoms with Gasteiger partial charge in [-0.1, -0.05) is 12.1 Å². The summed E-state index contributed by atoms with van der Waals surface area (Å²) >= 11 is 1.33. The quantitative estimate of drug-likeness (QED) is 0.312. The molecule has 0 spiro atoms. The molecule has 0 aliphatic heterocycles. The molecule has 0 saturated carbocycles. The minimum atomic E-state index is -0.188. The van der Waals surface area contributed by atoms with E-state index in [1.54, 1.807) is 6.20 Å². The van der Waals surface area contributed by atoms with E-state index in [9.17, 15) is 4.79 Å². The van der Waals surface area contributed by atoms with Crippen LogP contribution >= 0.6 is 11.3 Å². The van der Waals surface area contributed by atoms with Crippen molar-refractivity contribution in [2.24, 2.45) is 0 Å². The van der Waals surface area contributed by atoms with Crippen LogP contribution in [-0.4, -0.2) is 28.9 Å². The van der Waals surface area contributed by atoms with Crippen molar-refractivity contribution in [3.63, 3.8) is 0 Å². The number of hydrogen-bond acceptors (Lipinski definition) is 7. The van der Waals surface area contributed by atoms with Crippen molar-refractivity contribution in [2.45, 2.75) is 26.8 Å². The summed E-state index contributed by atoms with van der Waals surface area (Å²) in [5.41, 5.74) is 3.42. The summed E-state index contributed by atoms with van der Waals surface area (Å²) in [4.78, 5) is 21.2. The molecular formula is C23H23N3O3S. The Balaban J connectivity index is 1.39. The molecule has 0 radical (unpaired) electrons. The zero-order valence-corrected chi connectivity index (χ0v) is 17.8. The lowest BCUT2D eigenvalue weighted by atomic mass is 10.1. The number of aryl methyl sites for hydroxylation is 2. The summed E-state index contributed by atoms with van der Waals surface area (Å²) in [6, 6.07) is 9.63. The molecule has 0 bridgehead atoms. The lowest BCUT2D eigenvalue weighted by Gasteiger charge is -2.08. The molecule has 6 nitrogen and oxygen atoms in total. The van der Waals surface area contributed by atoms with Crippen LogP contribution in [0, 0.1) is 13.8 Å². The number of benzene rings is 1. The lowest BCUT2D eigenvalue weighted by Crippen LogP contribution is -2.17. The number of hydrogen-bond donors (Lipinski definition) is 1. The highest BCUT2D eigenvalue weighted by atomic mass is 32.1. The van der Waals surface area contributed by atoms with E-state index < -0.39 is 0 Å². The number of nitrogens with one attached hydrogen (secondary N) is 1. The number of furan rings is 1. The second-order valence-corrected chi connectivity index (χ2v) is 7.91. The van der Waals surface area contributed by atoms with Crippen LogP contribution in [0.2, 0.25) is 0 Å². The lowest BCUT2D eigenvalue weighted by molar-refractivity contribution is 0.101. The van der Waals surface area contributed by atoms with Crippen molar-refractivity contribution in [1.29, 1.82) is 0 Å². The molecule has 0 aliphatic carbocycles. The molecule has 0 unspecified atom stereocenters. The summed E-state index contributed by atoms with van der Waals surface area (Å²) in [5, 5.41) is 6.54. The molecule has 3 aromatic heterocycles. The SMILES string of the molecule is Cc1csc(C(=O)c2oc3cccc(OCCCNCc4cccnc4)c3c2C)n1. The first kappa shape index (κ1) is 20.3. The van der Waals surface area contributed by atoms with E-state index in [-0.39, 0.29) is 5.78 Å². The van der Waals surface area contributed by atoms with Gasteiger partial charge in [0.25, 0.3) is 5.78 Å². The van der Waals surface area contributed by atoms with E-state index in [0.717, 1.165) is 47.5 Å². The van der Waals surface area contributed by atoms with Crippen molar-refractivity contribution < 1.29 is 13.9 Å². The Kier molecular flexibility index (Phi) is 6.21. The number of pyridine rings is 1. The van der Waals surface area contributed by atoms with Crippen LogP contribution in [0.5, 0.6) is 5.75 Å². The van der Waals surface area contributed by atoms with E-state index in [2.05, 4.69) is 15.3 Å². The van der Waals surface area contributed by atoms with Crippen molar-refractivity contribution in [3.05, 3.63) is 75.7 Å². The van der Waals surface area contributed by atoms with Crippen LogP contribution in [0.25, 0.3) is 11.0 Å². The number of fused-ring (bicyclic) bond motifs is 1. The molecule has 0 fully saturated rings.